The van der Waals surface area contributed by atoms with Gasteiger partial charge in [0, 0.05) is 5.56 Å². The van der Waals surface area contributed by atoms with Gasteiger partial charge in [-0.25, -0.2) is 0 Å². The number of rotatable bonds is 9. The molecule has 0 heterocycles. The van der Waals surface area contributed by atoms with Crippen LogP contribution in [0.1, 0.15) is 24.5 Å². The normalized spacial score (nSPS) is 12.0. The van der Waals surface area contributed by atoms with Crippen LogP contribution in [0.5, 0.6) is 0 Å². The van der Waals surface area contributed by atoms with E-state index in [9.17, 15) is 0 Å². The van der Waals surface area contributed by atoms with E-state index in [2.05, 4.69) is 159 Å². The average molecular weight is 497 g/mol. The summed E-state index contributed by atoms with van der Waals surface area (Å²) in [5, 5.41) is 3.70. The molecule has 0 aliphatic rings. The van der Waals surface area contributed by atoms with Crippen molar-refractivity contribution in [3.8, 4) is 0 Å². The van der Waals surface area contributed by atoms with Crippen LogP contribution in [0.4, 0.5) is 0 Å². The Labute approximate surface area is 221 Å². The second kappa shape index (κ2) is 11.7. The molecule has 0 N–H and O–H groups in total. The minimum Gasteiger partial charge on any atom is -0.530 e. The summed E-state index contributed by atoms with van der Waals surface area (Å²) >= 11 is 0. The zero-order valence-electron chi connectivity index (χ0n) is 21.3. The number of allylic oxidation sites excluding steroid dienone is 1. The lowest BCUT2D eigenvalue weighted by Gasteiger charge is -2.35. The van der Waals surface area contributed by atoms with Gasteiger partial charge in [-0.2, -0.15) is 0 Å². The highest BCUT2D eigenvalue weighted by molar-refractivity contribution is 7.07. The van der Waals surface area contributed by atoms with E-state index in [0.29, 0.717) is 0 Å². The van der Waals surface area contributed by atoms with Gasteiger partial charge in [-0.15, -0.1) is 0 Å². The van der Waals surface area contributed by atoms with Crippen LogP contribution in [0.25, 0.3) is 5.76 Å². The summed E-state index contributed by atoms with van der Waals surface area (Å²) in [6.45, 7) is 2.24. The molecule has 0 saturated carbocycles. The maximum absolute atomic E-state index is 7.63. The van der Waals surface area contributed by atoms with E-state index in [-0.39, 0.29) is 0 Å². The molecule has 0 amide bonds. The number of hydrogen-bond acceptors (Lipinski definition) is 1. The predicted octanol–water partition coefficient (Wildman–Crippen LogP) is 6.73. The maximum atomic E-state index is 7.63. The van der Waals surface area contributed by atoms with Crippen LogP contribution in [0.15, 0.2) is 157 Å². The third kappa shape index (κ3) is 5.35. The minimum absolute atomic E-state index is 0.852. The van der Waals surface area contributed by atoms with Crippen molar-refractivity contribution in [1.29, 1.82) is 0 Å². The molecule has 0 spiro atoms. The molecule has 0 fully saturated rings. The predicted molar refractivity (Wildman–Crippen MR) is 159 cm³/mol. The molecule has 5 aromatic rings. The van der Waals surface area contributed by atoms with Gasteiger partial charge in [0.25, 0.3) is 0 Å². The smallest absolute Gasteiger partial charge is 0.346 e. The van der Waals surface area contributed by atoms with Crippen LogP contribution in [0.2, 0.25) is 0 Å². The quantitative estimate of drug-likeness (QED) is 0.125. The van der Waals surface area contributed by atoms with Crippen LogP contribution in [-0.2, 0) is 10.8 Å². The standard InChI is InChI=1S/C35H32OSi/c1-2-30(28-29-18-8-3-9-19-29)35(31-20-10-4-11-21-31)36-37(32-22-12-5-13-23-32,33-24-14-6-15-25-33)34-26-16-7-17-27-34/h3-27H,2,28H2,1H3/b35-30+. The molecular weight excluding hydrogens is 464 g/mol. The second-order valence-corrected chi connectivity index (χ2v) is 12.5. The zero-order valence-corrected chi connectivity index (χ0v) is 22.3. The van der Waals surface area contributed by atoms with E-state index in [1.165, 1.54) is 26.7 Å². The molecule has 37 heavy (non-hydrogen) atoms. The lowest BCUT2D eigenvalue weighted by Crippen LogP contribution is -2.69. The van der Waals surface area contributed by atoms with E-state index in [1.54, 1.807) is 0 Å². The van der Waals surface area contributed by atoms with Crippen molar-refractivity contribution in [3.63, 3.8) is 0 Å². The Morgan fingerprint density at radius 1 is 0.514 bits per heavy atom. The molecule has 0 unspecified atom stereocenters. The van der Waals surface area contributed by atoms with Gasteiger partial charge < -0.3 is 4.43 Å². The van der Waals surface area contributed by atoms with Gasteiger partial charge >= 0.3 is 8.32 Å². The summed E-state index contributed by atoms with van der Waals surface area (Å²) in [6.07, 6.45) is 1.76. The Morgan fingerprint density at radius 2 is 0.892 bits per heavy atom. The van der Waals surface area contributed by atoms with Crippen molar-refractivity contribution >= 4 is 29.6 Å². The Balaban J connectivity index is 1.79. The molecule has 0 atom stereocenters. The van der Waals surface area contributed by atoms with Crippen LogP contribution >= 0.6 is 0 Å². The monoisotopic (exact) mass is 496 g/mol. The molecule has 0 saturated heterocycles. The Morgan fingerprint density at radius 3 is 1.30 bits per heavy atom. The number of hydrogen-bond donors (Lipinski definition) is 0. The Hall–Kier alpha value is -4.14. The molecule has 0 aliphatic carbocycles. The van der Waals surface area contributed by atoms with Crippen LogP contribution in [-0.4, -0.2) is 8.32 Å². The first-order valence-corrected chi connectivity index (χ1v) is 14.9. The van der Waals surface area contributed by atoms with Crippen LogP contribution < -0.4 is 15.6 Å². The van der Waals surface area contributed by atoms with Gasteiger partial charge in [0.1, 0.15) is 5.76 Å². The molecule has 5 aromatic carbocycles. The highest BCUT2D eigenvalue weighted by atomic mass is 28.4. The van der Waals surface area contributed by atoms with Crippen LogP contribution in [0.3, 0.4) is 0 Å². The Bertz CT molecular complexity index is 1320. The zero-order chi connectivity index (χ0) is 25.3. The van der Waals surface area contributed by atoms with Gasteiger partial charge in [0.2, 0.25) is 0 Å². The molecule has 5 rings (SSSR count). The molecule has 0 aromatic heterocycles. The fourth-order valence-electron chi connectivity index (χ4n) is 4.98. The summed E-state index contributed by atoms with van der Waals surface area (Å²) in [7, 11) is -2.92. The van der Waals surface area contributed by atoms with Crippen molar-refractivity contribution in [1.82, 2.24) is 0 Å². The second-order valence-electron chi connectivity index (χ2n) is 9.20. The first kappa shape index (κ1) is 24.5. The fraction of sp³-hybridized carbons (Fsp3) is 0.0857. The molecule has 2 heteroatoms. The van der Waals surface area contributed by atoms with E-state index in [0.717, 1.165) is 24.2 Å². The van der Waals surface area contributed by atoms with Crippen molar-refractivity contribution in [2.75, 3.05) is 0 Å². The topological polar surface area (TPSA) is 9.23 Å². The largest absolute Gasteiger partial charge is 0.530 e. The van der Waals surface area contributed by atoms with Gasteiger partial charge in [-0.05, 0) is 39.5 Å². The summed E-state index contributed by atoms with van der Waals surface area (Å²) < 4.78 is 7.63. The lowest BCUT2D eigenvalue weighted by molar-refractivity contribution is 0.524. The first-order valence-electron chi connectivity index (χ1n) is 13.0. The maximum Gasteiger partial charge on any atom is 0.346 e. The summed E-state index contributed by atoms with van der Waals surface area (Å²) in [4.78, 5) is 0. The van der Waals surface area contributed by atoms with E-state index >= 15 is 0 Å². The van der Waals surface area contributed by atoms with Crippen LogP contribution in [0, 0.1) is 0 Å². The van der Waals surface area contributed by atoms with Gasteiger partial charge in [-0.1, -0.05) is 159 Å². The molecule has 1 nitrogen and oxygen atoms in total. The fourth-order valence-corrected chi connectivity index (χ4v) is 8.89. The summed E-state index contributed by atoms with van der Waals surface area (Å²) in [5.74, 6) is 0.996. The average Bonchev–Trinajstić information content (AvgIpc) is 2.99. The SMILES string of the molecule is CC/C(Cc1ccccc1)=C(\O[Si](c1ccccc1)(c1ccccc1)c1ccccc1)c1ccccc1. The van der Waals surface area contributed by atoms with E-state index in [4.69, 9.17) is 4.43 Å². The summed E-state index contributed by atoms with van der Waals surface area (Å²) in [5.41, 5.74) is 3.72. The highest BCUT2D eigenvalue weighted by Gasteiger charge is 2.44. The van der Waals surface area contributed by atoms with Gasteiger partial charge in [0.05, 0.1) is 0 Å². The molecular formula is C35H32OSi. The first-order chi connectivity index (χ1) is 18.3. The van der Waals surface area contributed by atoms with Gasteiger partial charge in [0.15, 0.2) is 0 Å². The molecule has 0 bridgehead atoms. The highest BCUT2D eigenvalue weighted by Crippen LogP contribution is 2.29. The lowest BCUT2D eigenvalue weighted by atomic mass is 9.99. The van der Waals surface area contributed by atoms with Crippen molar-refractivity contribution < 1.29 is 4.43 Å². The van der Waals surface area contributed by atoms with Crippen molar-refractivity contribution in [2.24, 2.45) is 0 Å². The minimum atomic E-state index is -2.92. The third-order valence-electron chi connectivity index (χ3n) is 6.84. The molecule has 182 valence electrons. The van der Waals surface area contributed by atoms with Crippen molar-refractivity contribution in [2.45, 2.75) is 19.8 Å². The number of benzene rings is 5. The van der Waals surface area contributed by atoms with E-state index < -0.39 is 8.32 Å². The summed E-state index contributed by atoms with van der Waals surface area (Å²) in [6, 6.07) is 53.8. The van der Waals surface area contributed by atoms with Gasteiger partial charge in [-0.3, -0.25) is 0 Å². The Kier molecular flexibility index (Phi) is 7.78. The van der Waals surface area contributed by atoms with Crippen molar-refractivity contribution in [3.05, 3.63) is 168 Å². The third-order valence-corrected chi connectivity index (χ3v) is 10.8. The molecule has 0 aliphatic heterocycles. The van der Waals surface area contributed by atoms with E-state index in [1.807, 2.05) is 0 Å². The molecule has 0 radical (unpaired) electrons.